The maximum atomic E-state index is 12.6. The smallest absolute Gasteiger partial charge is 0.441 e. The molecule has 0 saturated heterocycles. The summed E-state index contributed by atoms with van der Waals surface area (Å²) in [6.45, 7) is 0. The van der Waals surface area contributed by atoms with Gasteiger partial charge in [0.25, 0.3) is 5.91 Å². The van der Waals surface area contributed by atoms with Crippen LogP contribution in [0.5, 0.6) is 5.75 Å². The molecule has 9 nitrogen and oxygen atoms in total. The monoisotopic (exact) mass is 355 g/mol. The minimum atomic E-state index is -0.866. The fraction of sp³-hybridized carbons (Fsp3) is 0.0588. The number of primary amides is 1. The van der Waals surface area contributed by atoms with E-state index >= 15 is 0 Å². The number of hydrogen-bond donors (Lipinski definition) is 3. The molecular weight excluding hydrogens is 340 g/mol. The molecule has 2 amide bonds. The molecule has 4 N–H and O–H groups in total. The number of nitrogens with two attached hydrogens (primary N) is 1. The first-order valence-electron chi connectivity index (χ1n) is 7.49. The van der Waals surface area contributed by atoms with Crippen LogP contribution in [0.15, 0.2) is 57.8 Å². The average Bonchev–Trinajstić information content (AvgIpc) is 3.03. The predicted octanol–water partition coefficient (Wildman–Crippen LogP) is 0.604. The van der Waals surface area contributed by atoms with E-state index in [4.69, 9.17) is 15.0 Å². The van der Waals surface area contributed by atoms with E-state index in [0.29, 0.717) is 11.4 Å². The summed E-state index contributed by atoms with van der Waals surface area (Å²) >= 11 is 0. The molecule has 0 bridgehead atoms. The fourth-order valence-electron chi connectivity index (χ4n) is 2.37. The van der Waals surface area contributed by atoms with E-state index in [9.17, 15) is 14.4 Å². The SMILES string of the molecule is COc1ccc(-[n+]2[nH]oc(=O)c2C(=O)Nc2ccccc2C(N)=O)cc1. The van der Waals surface area contributed by atoms with Crippen molar-refractivity contribution in [1.29, 1.82) is 0 Å². The molecule has 0 aliphatic rings. The number of amides is 2. The quantitative estimate of drug-likeness (QED) is 0.577. The van der Waals surface area contributed by atoms with Crippen molar-refractivity contribution in [3.8, 4) is 11.4 Å². The number of carbonyl (C=O) groups is 2. The molecule has 0 radical (unpaired) electrons. The summed E-state index contributed by atoms with van der Waals surface area (Å²) in [5.41, 5.74) is 4.92. The number of nitrogens with one attached hydrogen (secondary N) is 2. The molecule has 0 saturated carbocycles. The Hall–Kier alpha value is -3.88. The number of nitrogens with zero attached hydrogens (tertiary/aromatic N) is 1. The van der Waals surface area contributed by atoms with Gasteiger partial charge in [0.15, 0.2) is 0 Å². The summed E-state index contributed by atoms with van der Waals surface area (Å²) in [5.74, 6) is -0.851. The van der Waals surface area contributed by atoms with E-state index in [2.05, 4.69) is 10.6 Å². The maximum absolute atomic E-state index is 12.6. The molecule has 9 heteroatoms. The van der Waals surface area contributed by atoms with Crippen LogP contribution in [-0.4, -0.2) is 24.2 Å². The molecule has 0 atom stereocenters. The number of para-hydroxylation sites is 1. The lowest BCUT2D eigenvalue weighted by Crippen LogP contribution is -2.43. The normalized spacial score (nSPS) is 10.3. The first-order chi connectivity index (χ1) is 12.5. The van der Waals surface area contributed by atoms with Crippen LogP contribution >= 0.6 is 0 Å². The number of benzene rings is 2. The summed E-state index contributed by atoms with van der Waals surface area (Å²) in [5, 5.41) is 4.87. The topological polar surface area (TPSA) is 131 Å². The van der Waals surface area contributed by atoms with Crippen molar-refractivity contribution in [2.75, 3.05) is 12.4 Å². The van der Waals surface area contributed by atoms with Gasteiger partial charge in [-0.1, -0.05) is 12.1 Å². The van der Waals surface area contributed by atoms with Gasteiger partial charge in [-0.15, -0.1) is 0 Å². The Morgan fingerprint density at radius 3 is 2.50 bits per heavy atom. The lowest BCUT2D eigenvalue weighted by molar-refractivity contribution is -0.672. The van der Waals surface area contributed by atoms with Gasteiger partial charge in [-0.25, -0.2) is 4.79 Å². The van der Waals surface area contributed by atoms with Gasteiger partial charge in [0.1, 0.15) is 5.75 Å². The van der Waals surface area contributed by atoms with Gasteiger partial charge in [-0.05, 0) is 34.2 Å². The number of carbonyl (C=O) groups excluding carboxylic acids is 2. The second-order valence-electron chi connectivity index (χ2n) is 5.23. The standard InChI is InChI=1S/C17H14N4O5/c1-25-11-8-6-10(7-9-11)21-14(17(24)26-20-21)16(23)19-13-5-3-2-4-12(13)15(18)22/h2-9H,1H3,(H3-,18,19,20,22,23,24)/p+1. The highest BCUT2D eigenvalue weighted by Crippen LogP contribution is 2.15. The molecular formula is C17H15N4O5+. The zero-order chi connectivity index (χ0) is 18.7. The lowest BCUT2D eigenvalue weighted by Gasteiger charge is -2.06. The summed E-state index contributed by atoms with van der Waals surface area (Å²) in [6.07, 6.45) is 0. The van der Waals surface area contributed by atoms with Crippen molar-refractivity contribution in [3.05, 3.63) is 70.2 Å². The second kappa shape index (κ2) is 6.93. The van der Waals surface area contributed by atoms with Crippen LogP contribution in [0.4, 0.5) is 5.69 Å². The van der Waals surface area contributed by atoms with Crippen molar-refractivity contribution < 1.29 is 23.5 Å². The number of rotatable bonds is 5. The third-order valence-corrected chi connectivity index (χ3v) is 3.63. The van der Waals surface area contributed by atoms with Crippen LogP contribution in [0, 0.1) is 0 Å². The van der Waals surface area contributed by atoms with Crippen LogP contribution < -0.4 is 26.1 Å². The zero-order valence-electron chi connectivity index (χ0n) is 13.7. The second-order valence-corrected chi connectivity index (χ2v) is 5.23. The van der Waals surface area contributed by atoms with Gasteiger partial charge in [0.2, 0.25) is 5.69 Å². The molecule has 0 unspecified atom stereocenters. The molecule has 0 aliphatic carbocycles. The summed E-state index contributed by atoms with van der Waals surface area (Å²) in [7, 11) is 1.52. The Kier molecular flexibility index (Phi) is 4.52. The highest BCUT2D eigenvalue weighted by Gasteiger charge is 2.31. The van der Waals surface area contributed by atoms with Crippen LogP contribution in [0.2, 0.25) is 0 Å². The van der Waals surface area contributed by atoms with Gasteiger partial charge < -0.3 is 15.8 Å². The number of hydrogen-bond acceptors (Lipinski definition) is 5. The van der Waals surface area contributed by atoms with Gasteiger partial charge in [-0.2, -0.15) is 0 Å². The number of aromatic nitrogens is 2. The van der Waals surface area contributed by atoms with Crippen molar-refractivity contribution in [2.24, 2.45) is 5.73 Å². The summed E-state index contributed by atoms with van der Waals surface area (Å²) in [4.78, 5) is 36.1. The third kappa shape index (κ3) is 3.18. The number of H-pyrrole nitrogens is 1. The highest BCUT2D eigenvalue weighted by atomic mass is 16.5. The van der Waals surface area contributed by atoms with E-state index in [1.165, 1.54) is 23.9 Å². The Morgan fingerprint density at radius 2 is 1.85 bits per heavy atom. The molecule has 1 aromatic heterocycles. The van der Waals surface area contributed by atoms with Crippen molar-refractivity contribution in [1.82, 2.24) is 5.27 Å². The molecule has 0 fully saturated rings. The van der Waals surface area contributed by atoms with Crippen LogP contribution in [-0.2, 0) is 0 Å². The van der Waals surface area contributed by atoms with Crippen molar-refractivity contribution >= 4 is 17.5 Å². The largest absolute Gasteiger partial charge is 0.497 e. The Bertz CT molecular complexity index is 1020. The summed E-state index contributed by atoms with van der Waals surface area (Å²) < 4.78 is 11.0. The molecule has 3 aromatic rings. The highest BCUT2D eigenvalue weighted by molar-refractivity contribution is 6.07. The Morgan fingerprint density at radius 1 is 1.15 bits per heavy atom. The number of ether oxygens (including phenoxy) is 1. The Balaban J connectivity index is 1.97. The molecule has 0 aliphatic heterocycles. The number of aromatic amines is 1. The lowest BCUT2D eigenvalue weighted by atomic mass is 10.1. The molecule has 1 heterocycles. The van der Waals surface area contributed by atoms with Gasteiger partial charge in [0, 0.05) is 12.1 Å². The predicted molar refractivity (Wildman–Crippen MR) is 90.3 cm³/mol. The molecule has 132 valence electrons. The van der Waals surface area contributed by atoms with Crippen molar-refractivity contribution in [3.63, 3.8) is 0 Å². The summed E-state index contributed by atoms with van der Waals surface area (Å²) in [6, 6.07) is 12.8. The molecule has 0 spiro atoms. The third-order valence-electron chi connectivity index (χ3n) is 3.63. The van der Waals surface area contributed by atoms with Crippen molar-refractivity contribution in [2.45, 2.75) is 0 Å². The zero-order valence-corrected chi connectivity index (χ0v) is 13.7. The maximum Gasteiger partial charge on any atom is 0.441 e. The fourth-order valence-corrected chi connectivity index (χ4v) is 2.37. The minimum Gasteiger partial charge on any atom is -0.497 e. The van der Waals surface area contributed by atoms with E-state index in [0.717, 1.165) is 0 Å². The van der Waals surface area contributed by atoms with Crippen LogP contribution in [0.25, 0.3) is 5.69 Å². The minimum absolute atomic E-state index is 0.122. The van der Waals surface area contributed by atoms with Gasteiger partial charge in [-0.3, -0.25) is 14.1 Å². The molecule has 2 aromatic carbocycles. The number of anilines is 1. The van der Waals surface area contributed by atoms with E-state index in [1.807, 2.05) is 0 Å². The van der Waals surface area contributed by atoms with Crippen LogP contribution in [0.1, 0.15) is 20.8 Å². The first-order valence-corrected chi connectivity index (χ1v) is 7.49. The van der Waals surface area contributed by atoms with E-state index in [-0.39, 0.29) is 16.9 Å². The van der Waals surface area contributed by atoms with E-state index in [1.54, 1.807) is 36.4 Å². The van der Waals surface area contributed by atoms with Gasteiger partial charge >= 0.3 is 17.2 Å². The van der Waals surface area contributed by atoms with Gasteiger partial charge in [0.05, 0.1) is 18.4 Å². The van der Waals surface area contributed by atoms with Crippen LogP contribution in [0.3, 0.4) is 0 Å². The Labute approximate surface area is 146 Å². The molecule has 26 heavy (non-hydrogen) atoms. The average molecular weight is 355 g/mol. The van der Waals surface area contributed by atoms with E-state index < -0.39 is 17.4 Å². The first kappa shape index (κ1) is 17.0. The molecule has 3 rings (SSSR count). The number of methoxy groups -OCH3 is 1.